The number of carbonyl (C=O) groups excluding carboxylic acids is 1. The molecule has 2 N–H and O–H groups in total. The third kappa shape index (κ3) is 3.35. The molecule has 0 spiro atoms. The van der Waals surface area contributed by atoms with E-state index in [-0.39, 0.29) is 11.8 Å². The molecule has 0 atom stereocenters. The average molecular weight is 326 g/mol. The molecule has 3 aromatic rings. The number of carboxylic acid groups (broad SMARTS) is 1. The quantitative estimate of drug-likeness (QED) is 0.747. The molecule has 24 heavy (non-hydrogen) atoms. The number of carbonyl (C=O) groups is 2. The van der Waals surface area contributed by atoms with E-state index < -0.39 is 12.6 Å². The summed E-state index contributed by atoms with van der Waals surface area (Å²) in [7, 11) is 0. The van der Waals surface area contributed by atoms with Gasteiger partial charge in [-0.25, -0.2) is 9.78 Å². The van der Waals surface area contributed by atoms with Gasteiger partial charge in [0.25, 0.3) is 0 Å². The van der Waals surface area contributed by atoms with Crippen molar-refractivity contribution in [3.05, 3.63) is 42.5 Å². The topological polar surface area (TPSA) is 102 Å². The molecule has 0 aliphatic carbocycles. The van der Waals surface area contributed by atoms with Crippen LogP contribution in [0.25, 0.3) is 22.6 Å². The van der Waals surface area contributed by atoms with E-state index in [0.29, 0.717) is 28.1 Å². The Morgan fingerprint density at radius 1 is 1.25 bits per heavy atom. The molecular weight excluding hydrogens is 312 g/mol. The van der Waals surface area contributed by atoms with E-state index in [2.05, 4.69) is 10.3 Å². The Kier molecular flexibility index (Phi) is 4.15. The predicted octanol–water partition coefficient (Wildman–Crippen LogP) is 2.92. The highest BCUT2D eigenvalue weighted by Crippen LogP contribution is 2.34. The van der Waals surface area contributed by atoms with Crippen LogP contribution < -0.4 is 10.1 Å². The first kappa shape index (κ1) is 15.5. The SMILES string of the molecule is CC(=O)Nc1ccc(OCC(=O)O)c(-c2nc3ccccc3o2)c1. The zero-order valence-electron chi connectivity index (χ0n) is 12.8. The number of benzene rings is 2. The zero-order chi connectivity index (χ0) is 17.1. The van der Waals surface area contributed by atoms with Gasteiger partial charge in [-0.2, -0.15) is 0 Å². The van der Waals surface area contributed by atoms with Crippen LogP contribution in [0.4, 0.5) is 5.69 Å². The molecule has 2 aromatic carbocycles. The molecule has 0 saturated carbocycles. The molecule has 0 unspecified atom stereocenters. The van der Waals surface area contributed by atoms with E-state index in [1.165, 1.54) is 6.92 Å². The minimum atomic E-state index is -1.09. The number of aromatic nitrogens is 1. The van der Waals surface area contributed by atoms with E-state index >= 15 is 0 Å². The number of anilines is 1. The predicted molar refractivity (Wildman–Crippen MR) is 86.9 cm³/mol. The molecule has 7 heteroatoms. The molecular formula is C17H14N2O5. The average Bonchev–Trinajstić information content (AvgIpc) is 2.96. The van der Waals surface area contributed by atoms with Gasteiger partial charge < -0.3 is 19.6 Å². The fourth-order valence-corrected chi connectivity index (χ4v) is 2.23. The number of aliphatic carboxylic acids is 1. The molecule has 122 valence electrons. The van der Waals surface area contributed by atoms with E-state index in [4.69, 9.17) is 14.3 Å². The summed E-state index contributed by atoms with van der Waals surface area (Å²) in [6.07, 6.45) is 0. The van der Waals surface area contributed by atoms with Crippen LogP contribution in [0.2, 0.25) is 0 Å². The van der Waals surface area contributed by atoms with Crippen molar-refractivity contribution in [2.24, 2.45) is 0 Å². The van der Waals surface area contributed by atoms with Crippen LogP contribution in [0, 0.1) is 0 Å². The number of oxazole rings is 1. The summed E-state index contributed by atoms with van der Waals surface area (Å²) in [6.45, 7) is 0.903. The number of hydrogen-bond acceptors (Lipinski definition) is 5. The number of para-hydroxylation sites is 2. The van der Waals surface area contributed by atoms with Crippen molar-refractivity contribution in [2.45, 2.75) is 6.92 Å². The maximum Gasteiger partial charge on any atom is 0.341 e. The number of rotatable bonds is 5. The molecule has 0 aliphatic rings. The number of nitrogens with zero attached hydrogens (tertiary/aromatic N) is 1. The molecule has 1 heterocycles. The van der Waals surface area contributed by atoms with Crippen LogP contribution in [0.3, 0.4) is 0 Å². The summed E-state index contributed by atoms with van der Waals surface area (Å²) in [4.78, 5) is 26.4. The fraction of sp³-hybridized carbons (Fsp3) is 0.118. The van der Waals surface area contributed by atoms with Gasteiger partial charge in [-0.1, -0.05) is 12.1 Å². The van der Waals surface area contributed by atoms with Crippen LogP contribution in [0.1, 0.15) is 6.92 Å². The minimum Gasteiger partial charge on any atom is -0.481 e. The van der Waals surface area contributed by atoms with Gasteiger partial charge in [0.1, 0.15) is 11.3 Å². The monoisotopic (exact) mass is 326 g/mol. The van der Waals surface area contributed by atoms with Gasteiger partial charge in [-0.05, 0) is 30.3 Å². The lowest BCUT2D eigenvalue weighted by molar-refractivity contribution is -0.139. The van der Waals surface area contributed by atoms with Crippen molar-refractivity contribution in [3.8, 4) is 17.2 Å². The van der Waals surface area contributed by atoms with Gasteiger partial charge in [0.2, 0.25) is 11.8 Å². The van der Waals surface area contributed by atoms with Crippen LogP contribution in [0.5, 0.6) is 5.75 Å². The molecule has 1 amide bonds. The normalized spacial score (nSPS) is 10.5. The third-order valence-corrected chi connectivity index (χ3v) is 3.18. The number of hydrogen-bond donors (Lipinski definition) is 2. The number of nitrogens with one attached hydrogen (secondary N) is 1. The number of carboxylic acids is 1. The van der Waals surface area contributed by atoms with Crippen molar-refractivity contribution in [1.29, 1.82) is 0 Å². The molecule has 0 fully saturated rings. The second kappa shape index (κ2) is 6.41. The van der Waals surface area contributed by atoms with Crippen LogP contribution in [-0.4, -0.2) is 28.6 Å². The molecule has 0 saturated heterocycles. The van der Waals surface area contributed by atoms with Gasteiger partial charge in [0.15, 0.2) is 12.2 Å². The number of fused-ring (bicyclic) bond motifs is 1. The molecule has 0 aliphatic heterocycles. The second-order valence-electron chi connectivity index (χ2n) is 5.06. The third-order valence-electron chi connectivity index (χ3n) is 3.18. The Balaban J connectivity index is 2.06. The van der Waals surface area contributed by atoms with Crippen molar-refractivity contribution in [3.63, 3.8) is 0 Å². The number of amides is 1. The Morgan fingerprint density at radius 2 is 2.04 bits per heavy atom. The van der Waals surface area contributed by atoms with E-state index in [1.54, 1.807) is 30.3 Å². The highest BCUT2D eigenvalue weighted by Gasteiger charge is 2.15. The van der Waals surface area contributed by atoms with Crippen molar-refractivity contribution in [1.82, 2.24) is 4.98 Å². The summed E-state index contributed by atoms with van der Waals surface area (Å²) >= 11 is 0. The molecule has 1 aromatic heterocycles. The van der Waals surface area contributed by atoms with Gasteiger partial charge in [-0.3, -0.25) is 4.79 Å². The molecule has 0 bridgehead atoms. The van der Waals surface area contributed by atoms with Gasteiger partial charge in [-0.15, -0.1) is 0 Å². The summed E-state index contributed by atoms with van der Waals surface area (Å²) < 4.78 is 11.0. The highest BCUT2D eigenvalue weighted by molar-refractivity contribution is 5.90. The first-order chi connectivity index (χ1) is 11.5. The smallest absolute Gasteiger partial charge is 0.341 e. The Hall–Kier alpha value is -3.35. The number of ether oxygens (including phenoxy) is 1. The van der Waals surface area contributed by atoms with Crippen LogP contribution >= 0.6 is 0 Å². The lowest BCUT2D eigenvalue weighted by atomic mass is 10.1. The molecule has 3 rings (SSSR count). The Morgan fingerprint density at radius 3 is 2.75 bits per heavy atom. The maximum absolute atomic E-state index is 11.2. The van der Waals surface area contributed by atoms with E-state index in [9.17, 15) is 9.59 Å². The summed E-state index contributed by atoms with van der Waals surface area (Å²) in [5.41, 5.74) is 2.25. The van der Waals surface area contributed by atoms with E-state index in [1.807, 2.05) is 12.1 Å². The zero-order valence-corrected chi connectivity index (χ0v) is 12.8. The van der Waals surface area contributed by atoms with Crippen LogP contribution in [-0.2, 0) is 9.59 Å². The van der Waals surface area contributed by atoms with Crippen molar-refractivity contribution >= 4 is 28.7 Å². The van der Waals surface area contributed by atoms with E-state index in [0.717, 1.165) is 0 Å². The lowest BCUT2D eigenvalue weighted by Crippen LogP contribution is -2.10. The van der Waals surface area contributed by atoms with Crippen molar-refractivity contribution < 1.29 is 23.8 Å². The van der Waals surface area contributed by atoms with Gasteiger partial charge >= 0.3 is 5.97 Å². The lowest BCUT2D eigenvalue weighted by Gasteiger charge is -2.10. The maximum atomic E-state index is 11.2. The van der Waals surface area contributed by atoms with Gasteiger partial charge in [0, 0.05) is 12.6 Å². The molecule has 0 radical (unpaired) electrons. The summed E-state index contributed by atoms with van der Waals surface area (Å²) in [5.74, 6) is -0.732. The first-order valence-electron chi connectivity index (χ1n) is 7.15. The summed E-state index contributed by atoms with van der Waals surface area (Å²) in [5, 5.41) is 11.5. The minimum absolute atomic E-state index is 0.224. The first-order valence-corrected chi connectivity index (χ1v) is 7.15. The Labute approximate surface area is 136 Å². The largest absolute Gasteiger partial charge is 0.481 e. The second-order valence-corrected chi connectivity index (χ2v) is 5.06. The summed E-state index contributed by atoms with van der Waals surface area (Å²) in [6, 6.07) is 12.1. The van der Waals surface area contributed by atoms with Crippen molar-refractivity contribution in [2.75, 3.05) is 11.9 Å². The fourth-order valence-electron chi connectivity index (χ4n) is 2.23. The van der Waals surface area contributed by atoms with Gasteiger partial charge in [0.05, 0.1) is 5.56 Å². The Bertz CT molecular complexity index is 883. The highest BCUT2D eigenvalue weighted by atomic mass is 16.5. The standard InChI is InChI=1S/C17H14N2O5/c1-10(20)18-11-6-7-14(23-9-16(21)22)12(8-11)17-19-13-4-2-3-5-15(13)24-17/h2-8H,9H2,1H3,(H,18,20)(H,21,22). The van der Waals surface area contributed by atoms with Crippen LogP contribution in [0.15, 0.2) is 46.9 Å². The molecule has 7 nitrogen and oxygen atoms in total.